The number of nitrogens with one attached hydrogen (secondary N) is 1. The predicted octanol–water partition coefficient (Wildman–Crippen LogP) is 3.40. The van der Waals surface area contributed by atoms with Crippen molar-refractivity contribution in [3.8, 4) is 0 Å². The minimum Gasteiger partial charge on any atom is -0.333 e. The van der Waals surface area contributed by atoms with Gasteiger partial charge in [-0.05, 0) is 25.8 Å². The molecular formula is C20H26N4O2S. The third kappa shape index (κ3) is 4.54. The number of hydrogen-bond acceptors (Lipinski definition) is 5. The van der Waals surface area contributed by atoms with Gasteiger partial charge in [0.25, 0.3) is 5.91 Å². The van der Waals surface area contributed by atoms with Gasteiger partial charge >= 0.3 is 0 Å². The average Bonchev–Trinajstić information content (AvgIpc) is 3.32. The highest BCUT2D eigenvalue weighted by Gasteiger charge is 2.33. The van der Waals surface area contributed by atoms with Gasteiger partial charge in [0.2, 0.25) is 5.91 Å². The molecule has 3 rings (SSSR count). The maximum atomic E-state index is 12.9. The van der Waals surface area contributed by atoms with E-state index in [1.165, 1.54) is 23.8 Å². The van der Waals surface area contributed by atoms with Gasteiger partial charge in [-0.3, -0.25) is 14.5 Å². The van der Waals surface area contributed by atoms with E-state index in [0.717, 1.165) is 19.5 Å². The summed E-state index contributed by atoms with van der Waals surface area (Å²) in [7, 11) is 0. The largest absolute Gasteiger partial charge is 0.333 e. The number of likely N-dealkylation sites (tertiary alicyclic amines) is 1. The first kappa shape index (κ1) is 19.5. The number of amides is 2. The highest BCUT2D eigenvalue weighted by Crippen LogP contribution is 2.27. The van der Waals surface area contributed by atoms with Crippen LogP contribution in [0.3, 0.4) is 0 Å². The van der Waals surface area contributed by atoms with Gasteiger partial charge in [0.15, 0.2) is 5.13 Å². The van der Waals surface area contributed by atoms with E-state index >= 15 is 0 Å². The Morgan fingerprint density at radius 1 is 1.37 bits per heavy atom. The van der Waals surface area contributed by atoms with Gasteiger partial charge in [-0.1, -0.05) is 30.3 Å². The maximum absolute atomic E-state index is 12.9. The summed E-state index contributed by atoms with van der Waals surface area (Å²) < 4.78 is 0. The van der Waals surface area contributed by atoms with Gasteiger partial charge in [-0.2, -0.15) is 0 Å². The molecule has 2 unspecified atom stereocenters. The molecule has 0 spiro atoms. The molecule has 1 saturated heterocycles. The van der Waals surface area contributed by atoms with Crippen molar-refractivity contribution in [3.05, 3.63) is 47.0 Å². The number of thiazole rings is 1. The molecule has 1 N–H and O–H groups in total. The van der Waals surface area contributed by atoms with Gasteiger partial charge in [0.1, 0.15) is 5.69 Å². The third-order valence-electron chi connectivity index (χ3n) is 5.07. The van der Waals surface area contributed by atoms with Gasteiger partial charge in [0.05, 0.1) is 0 Å². The molecule has 1 fully saturated rings. The Bertz CT molecular complexity index is 792. The van der Waals surface area contributed by atoms with Crippen LogP contribution in [-0.2, 0) is 4.79 Å². The number of benzene rings is 1. The van der Waals surface area contributed by atoms with Crippen molar-refractivity contribution in [2.75, 3.05) is 25.0 Å². The van der Waals surface area contributed by atoms with Crippen LogP contribution in [0.1, 0.15) is 49.3 Å². The molecule has 1 aromatic carbocycles. The maximum Gasteiger partial charge on any atom is 0.273 e. The summed E-state index contributed by atoms with van der Waals surface area (Å²) in [5.74, 6) is -0.249. The second-order valence-electron chi connectivity index (χ2n) is 6.83. The standard InChI is InChI=1S/C20H26N4O2S/c1-4-24(19(26)18-13-27-20(22-18)21-15(3)25)17-10-11-23(12-17)14(2)16-8-6-5-7-9-16/h5-9,13-14,17H,4,10-12H2,1-3H3,(H,21,22,25). The van der Waals surface area contributed by atoms with Crippen LogP contribution in [0.4, 0.5) is 5.13 Å². The molecule has 2 aromatic rings. The van der Waals surface area contributed by atoms with E-state index in [1.54, 1.807) is 5.38 Å². The Balaban J connectivity index is 1.66. The second-order valence-corrected chi connectivity index (χ2v) is 7.69. The summed E-state index contributed by atoms with van der Waals surface area (Å²) >= 11 is 1.28. The van der Waals surface area contributed by atoms with Gasteiger partial charge in [-0.15, -0.1) is 11.3 Å². The second kappa shape index (κ2) is 8.63. The molecule has 144 valence electrons. The Labute approximate surface area is 164 Å². The minimum absolute atomic E-state index is 0.0652. The lowest BCUT2D eigenvalue weighted by Gasteiger charge is -2.29. The van der Waals surface area contributed by atoms with Gasteiger partial charge in [0, 0.05) is 44.0 Å². The molecule has 0 radical (unpaired) electrons. The summed E-state index contributed by atoms with van der Waals surface area (Å²) in [5, 5.41) is 4.82. The van der Waals surface area contributed by atoms with Gasteiger partial charge in [-0.25, -0.2) is 4.98 Å². The molecule has 2 amide bonds. The summed E-state index contributed by atoms with van der Waals surface area (Å²) in [5.41, 5.74) is 1.70. The molecule has 27 heavy (non-hydrogen) atoms. The molecule has 7 heteroatoms. The first-order chi connectivity index (χ1) is 13.0. The normalized spacial score (nSPS) is 18.3. The Morgan fingerprint density at radius 3 is 2.78 bits per heavy atom. The quantitative estimate of drug-likeness (QED) is 0.826. The van der Waals surface area contributed by atoms with Crippen molar-refractivity contribution in [2.45, 2.75) is 39.3 Å². The third-order valence-corrected chi connectivity index (χ3v) is 5.83. The van der Waals surface area contributed by atoms with Crippen LogP contribution in [0, 0.1) is 0 Å². The number of rotatable bonds is 6. The van der Waals surface area contributed by atoms with Gasteiger partial charge < -0.3 is 10.2 Å². The van der Waals surface area contributed by atoms with E-state index in [9.17, 15) is 9.59 Å². The van der Waals surface area contributed by atoms with Crippen LogP contribution in [0.2, 0.25) is 0 Å². The number of aromatic nitrogens is 1. The number of hydrogen-bond donors (Lipinski definition) is 1. The number of carbonyl (C=O) groups excluding carboxylic acids is 2. The Morgan fingerprint density at radius 2 is 2.11 bits per heavy atom. The van der Waals surface area contributed by atoms with Crippen LogP contribution in [0.25, 0.3) is 0 Å². The highest BCUT2D eigenvalue weighted by atomic mass is 32.1. The fraction of sp³-hybridized carbons (Fsp3) is 0.450. The smallest absolute Gasteiger partial charge is 0.273 e. The van der Waals surface area contributed by atoms with E-state index in [4.69, 9.17) is 0 Å². The first-order valence-corrected chi connectivity index (χ1v) is 10.2. The molecular weight excluding hydrogens is 360 g/mol. The van der Waals surface area contributed by atoms with Crippen LogP contribution in [0.15, 0.2) is 35.7 Å². The van der Waals surface area contributed by atoms with Crippen molar-refractivity contribution in [2.24, 2.45) is 0 Å². The molecule has 0 aliphatic carbocycles. The zero-order valence-corrected chi connectivity index (χ0v) is 16.8. The Kier molecular flexibility index (Phi) is 6.23. The first-order valence-electron chi connectivity index (χ1n) is 9.32. The molecule has 1 aliphatic rings. The fourth-order valence-electron chi connectivity index (χ4n) is 3.61. The zero-order chi connectivity index (χ0) is 19.4. The van der Waals surface area contributed by atoms with Crippen molar-refractivity contribution in [1.82, 2.24) is 14.8 Å². The van der Waals surface area contributed by atoms with E-state index < -0.39 is 0 Å². The molecule has 1 aliphatic heterocycles. The summed E-state index contributed by atoms with van der Waals surface area (Å²) in [6.45, 7) is 8.13. The van der Waals surface area contributed by atoms with E-state index in [0.29, 0.717) is 23.4 Å². The molecule has 2 atom stereocenters. The lowest BCUT2D eigenvalue weighted by Crippen LogP contribution is -2.42. The fourth-order valence-corrected chi connectivity index (χ4v) is 4.34. The van der Waals surface area contributed by atoms with Crippen LogP contribution in [0.5, 0.6) is 0 Å². The SMILES string of the molecule is CCN(C(=O)c1csc(NC(C)=O)n1)C1CCN(C(C)c2ccccc2)C1. The lowest BCUT2D eigenvalue weighted by atomic mass is 10.1. The van der Waals surface area contributed by atoms with E-state index in [-0.39, 0.29) is 17.9 Å². The van der Waals surface area contributed by atoms with Crippen LogP contribution < -0.4 is 5.32 Å². The molecule has 0 saturated carbocycles. The number of nitrogens with zero attached hydrogens (tertiary/aromatic N) is 3. The predicted molar refractivity (Wildman–Crippen MR) is 108 cm³/mol. The van der Waals surface area contributed by atoms with Crippen LogP contribution >= 0.6 is 11.3 Å². The summed E-state index contributed by atoms with van der Waals surface area (Å²) in [6.07, 6.45) is 0.958. The highest BCUT2D eigenvalue weighted by molar-refractivity contribution is 7.14. The van der Waals surface area contributed by atoms with Crippen molar-refractivity contribution in [3.63, 3.8) is 0 Å². The van der Waals surface area contributed by atoms with Crippen molar-refractivity contribution >= 4 is 28.3 Å². The lowest BCUT2D eigenvalue weighted by molar-refractivity contribution is -0.114. The molecule has 6 nitrogen and oxygen atoms in total. The minimum atomic E-state index is -0.183. The number of carbonyl (C=O) groups is 2. The van der Waals surface area contributed by atoms with Crippen molar-refractivity contribution < 1.29 is 9.59 Å². The molecule has 2 heterocycles. The van der Waals surface area contributed by atoms with Crippen molar-refractivity contribution in [1.29, 1.82) is 0 Å². The summed E-state index contributed by atoms with van der Waals surface area (Å²) in [4.78, 5) is 32.7. The number of anilines is 1. The average molecular weight is 387 g/mol. The number of likely N-dealkylation sites (N-methyl/N-ethyl adjacent to an activating group) is 1. The molecule has 0 bridgehead atoms. The molecule has 1 aromatic heterocycles. The van der Waals surface area contributed by atoms with E-state index in [2.05, 4.69) is 46.4 Å². The monoisotopic (exact) mass is 386 g/mol. The Hall–Kier alpha value is -2.25. The zero-order valence-electron chi connectivity index (χ0n) is 16.0. The topological polar surface area (TPSA) is 65.5 Å². The van der Waals surface area contributed by atoms with E-state index in [1.807, 2.05) is 17.9 Å². The van der Waals surface area contributed by atoms with Crippen LogP contribution in [-0.4, -0.2) is 52.3 Å². The summed E-state index contributed by atoms with van der Waals surface area (Å²) in [6, 6.07) is 11.0.